The summed E-state index contributed by atoms with van der Waals surface area (Å²) in [7, 11) is 0. The van der Waals surface area contributed by atoms with Gasteiger partial charge in [-0.25, -0.2) is 0 Å². The van der Waals surface area contributed by atoms with Crippen LogP contribution in [0.15, 0.2) is 72.8 Å². The molecule has 9 heteroatoms. The molecule has 0 heterocycles. The molecule has 0 aliphatic heterocycles. The number of hydrogen-bond acceptors (Lipinski definition) is 6. The first-order valence-corrected chi connectivity index (χ1v) is 8.73. The Kier molecular flexibility index (Phi) is 5.63. The summed E-state index contributed by atoms with van der Waals surface area (Å²) in [6, 6.07) is 22.8. The third kappa shape index (κ3) is 4.20. The Morgan fingerprint density at radius 1 is 0.567 bits per heavy atom. The number of fused-ring (bicyclic) bond motifs is 2. The van der Waals surface area contributed by atoms with Crippen molar-refractivity contribution >= 4 is 38.6 Å². The molecule has 0 aromatic heterocycles. The molecule has 150 valence electrons. The largest absolute Gasteiger partial charge is 0.286 e. The van der Waals surface area contributed by atoms with Gasteiger partial charge >= 0.3 is 0 Å². The lowest BCUT2D eigenvalue weighted by Crippen LogP contribution is -2.00. The minimum Gasteiger partial charge on any atom is -0.258 e. The molecule has 0 radical (unpaired) electrons. The zero-order valence-corrected chi connectivity index (χ0v) is 15.7. The van der Waals surface area contributed by atoms with E-state index in [2.05, 4.69) is 60.7 Å². The van der Waals surface area contributed by atoms with E-state index in [-0.39, 0.29) is 5.56 Å². The first kappa shape index (κ1) is 20.3. The zero-order valence-electron chi connectivity index (χ0n) is 15.7. The van der Waals surface area contributed by atoms with Crippen molar-refractivity contribution in [3.05, 3.63) is 109 Å². The number of nitrogens with zero attached hydrogens (tertiary/aromatic N) is 3. The number of benzene rings is 4. The highest BCUT2D eigenvalue weighted by molar-refractivity contribution is 5.98. The molecule has 4 aromatic carbocycles. The average Bonchev–Trinajstić information content (AvgIpc) is 2.72. The average molecular weight is 405 g/mol. The molecule has 0 saturated carbocycles. The SMILES string of the molecule is Cc1c([N+](=O)[O-])cc([N+](=O)[O-])cc1[N+](=O)[O-].c1ccc2cc3ccccc3cc2c1. The van der Waals surface area contributed by atoms with Crippen molar-refractivity contribution in [3.63, 3.8) is 0 Å². The van der Waals surface area contributed by atoms with E-state index in [0.717, 1.165) is 0 Å². The van der Waals surface area contributed by atoms with Gasteiger partial charge in [0.1, 0.15) is 5.56 Å². The predicted molar refractivity (Wildman–Crippen MR) is 113 cm³/mol. The van der Waals surface area contributed by atoms with Crippen LogP contribution in [0.4, 0.5) is 17.1 Å². The van der Waals surface area contributed by atoms with Crippen LogP contribution in [0, 0.1) is 37.3 Å². The van der Waals surface area contributed by atoms with Gasteiger partial charge in [-0.1, -0.05) is 48.5 Å². The molecule has 0 N–H and O–H groups in total. The van der Waals surface area contributed by atoms with Gasteiger partial charge in [0.25, 0.3) is 17.1 Å². The Balaban J connectivity index is 0.000000171. The maximum Gasteiger partial charge on any atom is 0.286 e. The fourth-order valence-corrected chi connectivity index (χ4v) is 3.04. The van der Waals surface area contributed by atoms with Gasteiger partial charge in [-0.05, 0) is 40.6 Å². The van der Waals surface area contributed by atoms with Crippen molar-refractivity contribution in [1.82, 2.24) is 0 Å². The van der Waals surface area contributed by atoms with E-state index < -0.39 is 31.8 Å². The van der Waals surface area contributed by atoms with E-state index >= 15 is 0 Å². The second kappa shape index (κ2) is 8.31. The Bertz CT molecular complexity index is 1160. The van der Waals surface area contributed by atoms with Gasteiger partial charge in [0, 0.05) is 0 Å². The predicted octanol–water partition coefficient (Wildman–Crippen LogP) is 5.71. The second-order valence-electron chi connectivity index (χ2n) is 6.43. The van der Waals surface area contributed by atoms with Gasteiger partial charge in [-0.15, -0.1) is 0 Å². The molecule has 0 atom stereocenters. The quantitative estimate of drug-likeness (QED) is 0.244. The molecule has 0 unspecified atom stereocenters. The minimum atomic E-state index is -0.917. The molecule has 0 aliphatic carbocycles. The van der Waals surface area contributed by atoms with Crippen LogP contribution in [-0.2, 0) is 0 Å². The van der Waals surface area contributed by atoms with E-state index in [4.69, 9.17) is 0 Å². The Morgan fingerprint density at radius 3 is 1.17 bits per heavy atom. The normalized spacial score (nSPS) is 10.3. The van der Waals surface area contributed by atoms with Gasteiger partial charge in [0.15, 0.2) is 0 Å². The fourth-order valence-electron chi connectivity index (χ4n) is 3.04. The Hall–Kier alpha value is -4.40. The molecule has 0 amide bonds. The number of non-ortho nitro benzene ring substituents is 1. The van der Waals surface area contributed by atoms with Crippen molar-refractivity contribution in [2.45, 2.75) is 6.92 Å². The lowest BCUT2D eigenvalue weighted by molar-refractivity contribution is -0.403. The summed E-state index contributed by atoms with van der Waals surface area (Å²) in [6.45, 7) is 1.17. The summed E-state index contributed by atoms with van der Waals surface area (Å²) in [5.74, 6) is 0. The van der Waals surface area contributed by atoms with Gasteiger partial charge in [0.2, 0.25) is 0 Å². The third-order valence-electron chi connectivity index (χ3n) is 4.56. The fraction of sp³-hybridized carbons (Fsp3) is 0.0476. The molecule has 4 rings (SSSR count). The number of nitro groups is 3. The van der Waals surface area contributed by atoms with Gasteiger partial charge < -0.3 is 0 Å². The van der Waals surface area contributed by atoms with Gasteiger partial charge in [0.05, 0.1) is 26.9 Å². The molecule has 0 saturated heterocycles. The van der Waals surface area contributed by atoms with Crippen LogP contribution in [0.25, 0.3) is 21.5 Å². The monoisotopic (exact) mass is 405 g/mol. The summed E-state index contributed by atoms with van der Waals surface area (Å²) in [6.07, 6.45) is 0. The number of hydrogen-bond donors (Lipinski definition) is 0. The number of rotatable bonds is 3. The zero-order chi connectivity index (χ0) is 21.8. The van der Waals surface area contributed by atoms with E-state index in [1.54, 1.807) is 0 Å². The van der Waals surface area contributed by atoms with Crippen LogP contribution >= 0.6 is 0 Å². The summed E-state index contributed by atoms with van der Waals surface area (Å²) in [5.41, 5.74) is -2.16. The standard InChI is InChI=1S/C14H10.C7H5N3O6/c1-2-6-12-10-14-8-4-3-7-13(14)9-11(12)5-1;1-4-6(9(13)14)2-5(8(11)12)3-7(4)10(15)16/h1-10H;2-3H,1H3. The van der Waals surface area contributed by atoms with E-state index in [9.17, 15) is 30.3 Å². The van der Waals surface area contributed by atoms with E-state index in [1.807, 2.05) is 0 Å². The van der Waals surface area contributed by atoms with Crippen LogP contribution < -0.4 is 0 Å². The first-order chi connectivity index (χ1) is 14.3. The molecular weight excluding hydrogens is 390 g/mol. The maximum atomic E-state index is 10.5. The lowest BCUT2D eigenvalue weighted by atomic mass is 10.0. The Labute approximate surface area is 169 Å². The van der Waals surface area contributed by atoms with E-state index in [1.165, 1.54) is 28.5 Å². The van der Waals surface area contributed by atoms with Crippen LogP contribution in [-0.4, -0.2) is 14.8 Å². The van der Waals surface area contributed by atoms with Gasteiger partial charge in [-0.3, -0.25) is 30.3 Å². The maximum absolute atomic E-state index is 10.5. The summed E-state index contributed by atoms with van der Waals surface area (Å²) < 4.78 is 0. The van der Waals surface area contributed by atoms with Crippen LogP contribution in [0.1, 0.15) is 5.56 Å². The lowest BCUT2D eigenvalue weighted by Gasteiger charge is -2.00. The minimum absolute atomic E-state index is 0.208. The van der Waals surface area contributed by atoms with Crippen molar-refractivity contribution in [2.75, 3.05) is 0 Å². The van der Waals surface area contributed by atoms with Crippen molar-refractivity contribution in [2.24, 2.45) is 0 Å². The molecule has 4 aromatic rings. The van der Waals surface area contributed by atoms with Gasteiger partial charge in [-0.2, -0.15) is 0 Å². The molecule has 9 nitrogen and oxygen atoms in total. The Morgan fingerprint density at radius 2 is 0.900 bits per heavy atom. The van der Waals surface area contributed by atoms with Crippen LogP contribution in [0.5, 0.6) is 0 Å². The number of nitro benzene ring substituents is 3. The summed E-state index contributed by atoms with van der Waals surface area (Å²) in [4.78, 5) is 28.8. The molecular formula is C21H15N3O6. The third-order valence-corrected chi connectivity index (χ3v) is 4.56. The highest BCUT2D eigenvalue weighted by atomic mass is 16.6. The molecule has 0 spiro atoms. The summed E-state index contributed by atoms with van der Waals surface area (Å²) >= 11 is 0. The molecule has 0 aliphatic rings. The van der Waals surface area contributed by atoms with E-state index in [0.29, 0.717) is 12.1 Å². The van der Waals surface area contributed by atoms with Crippen LogP contribution in [0.2, 0.25) is 0 Å². The second-order valence-corrected chi connectivity index (χ2v) is 6.43. The molecule has 30 heavy (non-hydrogen) atoms. The highest BCUT2D eigenvalue weighted by Gasteiger charge is 2.27. The first-order valence-electron chi connectivity index (χ1n) is 8.73. The van der Waals surface area contributed by atoms with Crippen molar-refractivity contribution in [3.8, 4) is 0 Å². The molecule has 0 bridgehead atoms. The van der Waals surface area contributed by atoms with Crippen molar-refractivity contribution < 1.29 is 14.8 Å². The molecule has 0 fully saturated rings. The van der Waals surface area contributed by atoms with Crippen molar-refractivity contribution in [1.29, 1.82) is 0 Å². The van der Waals surface area contributed by atoms with Crippen LogP contribution in [0.3, 0.4) is 0 Å². The topological polar surface area (TPSA) is 129 Å². The summed E-state index contributed by atoms with van der Waals surface area (Å²) in [5, 5.41) is 36.7. The highest BCUT2D eigenvalue weighted by Crippen LogP contribution is 2.32. The smallest absolute Gasteiger partial charge is 0.258 e.